The number of amides is 1. The number of ether oxygens (including phenoxy) is 1. The first-order valence-corrected chi connectivity index (χ1v) is 7.89. The molecule has 3 aromatic rings. The fourth-order valence-corrected chi connectivity index (χ4v) is 2.81. The largest absolute Gasteiger partial charge is 0.497 e. The molecular weight excluding hydrogens is 324 g/mol. The van der Waals surface area contributed by atoms with Gasteiger partial charge in [0.2, 0.25) is 0 Å². The molecule has 1 heterocycles. The number of benzene rings is 2. The van der Waals surface area contributed by atoms with Crippen molar-refractivity contribution in [2.75, 3.05) is 14.2 Å². The lowest BCUT2D eigenvalue weighted by Crippen LogP contribution is -2.26. The zero-order chi connectivity index (χ0) is 17.1. The fraction of sp³-hybridized carbons (Fsp3) is 0.158. The van der Waals surface area contributed by atoms with E-state index in [-0.39, 0.29) is 5.91 Å². The lowest BCUT2D eigenvalue weighted by Gasteiger charge is -2.18. The van der Waals surface area contributed by atoms with Gasteiger partial charge in [-0.3, -0.25) is 9.78 Å². The zero-order valence-corrected chi connectivity index (χ0v) is 14.2. The molecule has 0 aliphatic heterocycles. The number of carbonyl (C=O) groups is 1. The smallest absolute Gasteiger partial charge is 0.256 e. The van der Waals surface area contributed by atoms with E-state index in [4.69, 9.17) is 16.3 Å². The Hall–Kier alpha value is -2.59. The normalized spacial score (nSPS) is 10.6. The Bertz CT molecular complexity index is 878. The van der Waals surface area contributed by atoms with Gasteiger partial charge in [0.1, 0.15) is 5.75 Å². The van der Waals surface area contributed by atoms with Crippen LogP contribution in [-0.2, 0) is 6.54 Å². The van der Waals surface area contributed by atoms with Crippen LogP contribution in [0, 0.1) is 0 Å². The Kier molecular flexibility index (Phi) is 4.67. The number of hydrogen-bond donors (Lipinski definition) is 0. The van der Waals surface area contributed by atoms with Crippen molar-refractivity contribution in [1.29, 1.82) is 0 Å². The standard InChI is InChI=1S/C19H17ClN2O2/c1-22(12-13-5-7-14(24-2)8-6-13)19(23)16-9-10-17(20)15-4-3-11-21-18(15)16/h3-11H,12H2,1-2H3. The molecular formula is C19H17ClN2O2. The second kappa shape index (κ2) is 6.89. The maximum atomic E-state index is 12.8. The molecule has 1 amide bonds. The number of carbonyl (C=O) groups excluding carboxylic acids is 1. The third kappa shape index (κ3) is 3.19. The summed E-state index contributed by atoms with van der Waals surface area (Å²) in [4.78, 5) is 18.8. The Morgan fingerprint density at radius 3 is 2.62 bits per heavy atom. The first-order valence-electron chi connectivity index (χ1n) is 7.52. The van der Waals surface area contributed by atoms with Crippen molar-refractivity contribution in [3.63, 3.8) is 0 Å². The summed E-state index contributed by atoms with van der Waals surface area (Å²) in [5.74, 6) is 0.701. The molecule has 4 nitrogen and oxygen atoms in total. The summed E-state index contributed by atoms with van der Waals surface area (Å²) in [6.07, 6.45) is 1.67. The molecule has 122 valence electrons. The topological polar surface area (TPSA) is 42.4 Å². The average Bonchev–Trinajstić information content (AvgIpc) is 2.62. The average molecular weight is 341 g/mol. The van der Waals surface area contributed by atoms with E-state index in [9.17, 15) is 4.79 Å². The highest BCUT2D eigenvalue weighted by molar-refractivity contribution is 6.36. The Morgan fingerprint density at radius 2 is 1.92 bits per heavy atom. The molecule has 0 saturated carbocycles. The second-order valence-electron chi connectivity index (χ2n) is 5.50. The van der Waals surface area contributed by atoms with E-state index in [0.717, 1.165) is 16.7 Å². The van der Waals surface area contributed by atoms with Gasteiger partial charge < -0.3 is 9.64 Å². The first-order chi connectivity index (χ1) is 11.6. The van der Waals surface area contributed by atoms with Crippen LogP contribution in [0.2, 0.25) is 5.02 Å². The molecule has 0 aliphatic carbocycles. The van der Waals surface area contributed by atoms with E-state index in [1.54, 1.807) is 37.4 Å². The van der Waals surface area contributed by atoms with Gasteiger partial charge in [-0.25, -0.2) is 0 Å². The van der Waals surface area contributed by atoms with Crippen LogP contribution in [0.3, 0.4) is 0 Å². The van der Waals surface area contributed by atoms with Gasteiger partial charge in [-0.15, -0.1) is 0 Å². The van der Waals surface area contributed by atoms with Crippen LogP contribution < -0.4 is 4.74 Å². The van der Waals surface area contributed by atoms with E-state index in [1.807, 2.05) is 36.4 Å². The van der Waals surface area contributed by atoms with Crippen LogP contribution in [0.15, 0.2) is 54.7 Å². The zero-order valence-electron chi connectivity index (χ0n) is 13.5. The van der Waals surface area contributed by atoms with E-state index >= 15 is 0 Å². The molecule has 24 heavy (non-hydrogen) atoms. The minimum absolute atomic E-state index is 0.0915. The molecule has 2 aromatic carbocycles. The predicted octanol–water partition coefficient (Wildman–Crippen LogP) is 4.17. The van der Waals surface area contributed by atoms with Crippen molar-refractivity contribution in [2.45, 2.75) is 6.54 Å². The third-order valence-electron chi connectivity index (χ3n) is 3.87. The van der Waals surface area contributed by atoms with E-state index in [1.165, 1.54) is 0 Å². The Balaban J connectivity index is 1.87. The van der Waals surface area contributed by atoms with Crippen LogP contribution in [0.1, 0.15) is 15.9 Å². The van der Waals surface area contributed by atoms with Crippen LogP contribution in [-0.4, -0.2) is 29.9 Å². The van der Waals surface area contributed by atoms with E-state index in [2.05, 4.69) is 4.98 Å². The summed E-state index contributed by atoms with van der Waals surface area (Å²) in [5, 5.41) is 1.37. The van der Waals surface area contributed by atoms with Crippen LogP contribution >= 0.6 is 11.6 Å². The molecule has 1 aromatic heterocycles. The van der Waals surface area contributed by atoms with Crippen molar-refractivity contribution >= 4 is 28.4 Å². The van der Waals surface area contributed by atoms with Crippen molar-refractivity contribution in [3.05, 3.63) is 70.9 Å². The molecule has 0 unspecified atom stereocenters. The number of halogens is 1. The molecule has 0 aliphatic rings. The molecule has 0 atom stereocenters. The maximum absolute atomic E-state index is 12.8. The summed E-state index contributed by atoms with van der Waals surface area (Å²) in [6, 6.07) is 14.8. The fourth-order valence-electron chi connectivity index (χ4n) is 2.59. The summed E-state index contributed by atoms with van der Waals surface area (Å²) >= 11 is 6.19. The number of rotatable bonds is 4. The number of aromatic nitrogens is 1. The molecule has 0 fully saturated rings. The van der Waals surface area contributed by atoms with Gasteiger partial charge >= 0.3 is 0 Å². The van der Waals surface area contributed by atoms with E-state index < -0.39 is 0 Å². The van der Waals surface area contributed by atoms with Crippen LogP contribution in [0.25, 0.3) is 10.9 Å². The molecule has 3 rings (SSSR count). The lowest BCUT2D eigenvalue weighted by molar-refractivity contribution is 0.0787. The van der Waals surface area contributed by atoms with E-state index in [0.29, 0.717) is 22.6 Å². The van der Waals surface area contributed by atoms with Crippen molar-refractivity contribution < 1.29 is 9.53 Å². The molecule has 0 saturated heterocycles. The number of pyridine rings is 1. The maximum Gasteiger partial charge on any atom is 0.256 e. The van der Waals surface area contributed by atoms with Gasteiger partial charge in [0.15, 0.2) is 0 Å². The van der Waals surface area contributed by atoms with Gasteiger partial charge in [-0.1, -0.05) is 23.7 Å². The third-order valence-corrected chi connectivity index (χ3v) is 4.20. The number of fused-ring (bicyclic) bond motifs is 1. The van der Waals surface area contributed by atoms with Crippen LogP contribution in [0.5, 0.6) is 5.75 Å². The van der Waals surface area contributed by atoms with Gasteiger partial charge in [0.25, 0.3) is 5.91 Å². The lowest BCUT2D eigenvalue weighted by atomic mass is 10.1. The number of methoxy groups -OCH3 is 1. The molecule has 0 bridgehead atoms. The number of hydrogen-bond acceptors (Lipinski definition) is 3. The van der Waals surface area contributed by atoms with Crippen molar-refractivity contribution in [3.8, 4) is 5.75 Å². The monoisotopic (exact) mass is 340 g/mol. The summed E-state index contributed by atoms with van der Waals surface area (Å²) in [7, 11) is 3.40. The van der Waals surface area contributed by atoms with Crippen molar-refractivity contribution in [1.82, 2.24) is 9.88 Å². The Morgan fingerprint density at radius 1 is 1.17 bits per heavy atom. The minimum atomic E-state index is -0.0915. The van der Waals surface area contributed by atoms with Gasteiger partial charge in [0.05, 0.1) is 23.2 Å². The highest BCUT2D eigenvalue weighted by Gasteiger charge is 2.17. The summed E-state index contributed by atoms with van der Waals surface area (Å²) in [5.41, 5.74) is 2.19. The summed E-state index contributed by atoms with van der Waals surface area (Å²) < 4.78 is 5.15. The molecule has 0 radical (unpaired) electrons. The SMILES string of the molecule is COc1ccc(CN(C)C(=O)c2ccc(Cl)c3cccnc23)cc1. The summed E-state index contributed by atoms with van der Waals surface area (Å²) in [6.45, 7) is 0.500. The van der Waals surface area contributed by atoms with Gasteiger partial charge in [-0.05, 0) is 42.0 Å². The first kappa shape index (κ1) is 16.3. The van der Waals surface area contributed by atoms with Crippen molar-refractivity contribution in [2.24, 2.45) is 0 Å². The quantitative estimate of drug-likeness (QED) is 0.716. The molecule has 0 spiro atoms. The predicted molar refractivity (Wildman–Crippen MR) is 95.5 cm³/mol. The Labute approximate surface area is 145 Å². The highest BCUT2D eigenvalue weighted by Crippen LogP contribution is 2.25. The molecule has 0 N–H and O–H groups in total. The van der Waals surface area contributed by atoms with Gasteiger partial charge in [0, 0.05) is 25.2 Å². The minimum Gasteiger partial charge on any atom is -0.497 e. The van der Waals surface area contributed by atoms with Crippen LogP contribution in [0.4, 0.5) is 0 Å². The molecule has 5 heteroatoms. The second-order valence-corrected chi connectivity index (χ2v) is 5.91. The highest BCUT2D eigenvalue weighted by atomic mass is 35.5. The number of nitrogens with zero attached hydrogens (tertiary/aromatic N) is 2. The van der Waals surface area contributed by atoms with Gasteiger partial charge in [-0.2, -0.15) is 0 Å².